The summed E-state index contributed by atoms with van der Waals surface area (Å²) in [5.41, 5.74) is 1.04. The lowest BCUT2D eigenvalue weighted by Gasteiger charge is -2.32. The zero-order valence-electron chi connectivity index (χ0n) is 11.6. The number of hydrogen-bond acceptors (Lipinski definition) is 3. The number of piperazine rings is 1. The molecule has 2 amide bonds. The fourth-order valence-corrected chi connectivity index (χ4v) is 2.05. The molecule has 105 valence electrons. The molecule has 0 bridgehead atoms. The first-order chi connectivity index (χ1) is 9.60. The van der Waals surface area contributed by atoms with Gasteiger partial charge in [0.05, 0.1) is 0 Å². The van der Waals surface area contributed by atoms with E-state index in [2.05, 4.69) is 22.9 Å². The summed E-state index contributed by atoms with van der Waals surface area (Å²) in [6.07, 6.45) is 1.18. The van der Waals surface area contributed by atoms with E-state index in [1.54, 1.807) is 18.2 Å². The minimum atomic E-state index is -0.314. The quantitative estimate of drug-likeness (QED) is 0.835. The molecular weight excluding hydrogens is 254 g/mol. The molecule has 0 aliphatic carbocycles. The minimum Gasteiger partial charge on any atom is -0.336 e. The fraction of sp³-hybridized carbons (Fsp3) is 0.333. The summed E-state index contributed by atoms with van der Waals surface area (Å²) >= 11 is 0. The van der Waals surface area contributed by atoms with Gasteiger partial charge in [-0.1, -0.05) is 12.6 Å². The molecule has 1 N–H and O–H groups in total. The van der Waals surface area contributed by atoms with Gasteiger partial charge in [-0.3, -0.25) is 9.59 Å². The lowest BCUT2D eigenvalue weighted by atomic mass is 10.1. The third kappa shape index (κ3) is 3.45. The second-order valence-corrected chi connectivity index (χ2v) is 4.78. The van der Waals surface area contributed by atoms with Crippen molar-refractivity contribution in [1.29, 1.82) is 0 Å². The van der Waals surface area contributed by atoms with Gasteiger partial charge in [0.25, 0.3) is 5.91 Å². The average molecular weight is 272 g/mol. The van der Waals surface area contributed by atoms with Gasteiger partial charge in [-0.2, -0.15) is 0 Å². The Labute approximate surface area is 118 Å². The Hall–Kier alpha value is -2.14. The van der Waals surface area contributed by atoms with Crippen LogP contribution in [0.5, 0.6) is 0 Å². The number of likely N-dealkylation sites (N-methyl/N-ethyl adjacent to an activating group) is 1. The number of hydrogen-bond donors (Lipinski definition) is 1. The van der Waals surface area contributed by atoms with E-state index in [1.165, 1.54) is 6.08 Å². The van der Waals surface area contributed by atoms with Gasteiger partial charge < -0.3 is 15.1 Å². The van der Waals surface area contributed by atoms with Gasteiger partial charge >= 0.3 is 0 Å². The van der Waals surface area contributed by atoms with Crippen LogP contribution in [0.1, 0.15) is 10.4 Å². The monoisotopic (exact) mass is 272 g/mol. The molecule has 1 aliphatic rings. The number of benzene rings is 1. The Morgan fingerprint density at radius 2 is 2.05 bits per heavy atom. The molecular formula is C15H18N3O2. The zero-order chi connectivity index (χ0) is 14.5. The molecule has 20 heavy (non-hydrogen) atoms. The second-order valence-electron chi connectivity index (χ2n) is 4.78. The van der Waals surface area contributed by atoms with E-state index in [0.29, 0.717) is 11.3 Å². The number of nitrogens with zero attached hydrogens (tertiary/aromatic N) is 2. The maximum absolute atomic E-state index is 12.4. The van der Waals surface area contributed by atoms with Crippen molar-refractivity contribution in [3.63, 3.8) is 0 Å². The molecule has 5 heteroatoms. The maximum Gasteiger partial charge on any atom is 0.254 e. The van der Waals surface area contributed by atoms with Gasteiger partial charge in [-0.25, -0.2) is 0 Å². The van der Waals surface area contributed by atoms with Crippen molar-refractivity contribution in [2.45, 2.75) is 0 Å². The molecule has 2 rings (SSSR count). The average Bonchev–Trinajstić information content (AvgIpc) is 2.47. The third-order valence-electron chi connectivity index (χ3n) is 3.28. The SMILES string of the molecule is C=CC(=O)Nc1[c]ccc(C(=O)N2CCN(C)CC2)c1. The number of amides is 2. The molecule has 0 unspecified atom stereocenters. The van der Waals surface area contributed by atoms with Gasteiger partial charge in [0.1, 0.15) is 0 Å². The topological polar surface area (TPSA) is 52.7 Å². The number of rotatable bonds is 3. The summed E-state index contributed by atoms with van der Waals surface area (Å²) in [5.74, 6) is -0.327. The first kappa shape index (κ1) is 14.3. The van der Waals surface area contributed by atoms with E-state index < -0.39 is 0 Å². The summed E-state index contributed by atoms with van der Waals surface area (Å²) in [7, 11) is 2.04. The Balaban J connectivity index is 2.08. The summed E-state index contributed by atoms with van der Waals surface area (Å²) in [6.45, 7) is 6.60. The number of carbonyl (C=O) groups is 2. The fourth-order valence-electron chi connectivity index (χ4n) is 2.05. The molecule has 0 spiro atoms. The van der Waals surface area contributed by atoms with Gasteiger partial charge in [-0.05, 0) is 25.3 Å². The standard InChI is InChI=1S/C15H18N3O2/c1-3-14(19)16-13-6-4-5-12(11-13)15(20)18-9-7-17(2)8-10-18/h3-5,11H,1,7-10H2,2H3,(H,16,19). The van der Waals surface area contributed by atoms with Crippen LogP contribution < -0.4 is 5.32 Å². The highest BCUT2D eigenvalue weighted by atomic mass is 16.2. The van der Waals surface area contributed by atoms with E-state index in [9.17, 15) is 9.59 Å². The molecule has 0 aromatic heterocycles. The molecule has 5 nitrogen and oxygen atoms in total. The molecule has 1 aliphatic heterocycles. The minimum absolute atomic E-state index is 0.0128. The molecule has 1 saturated heterocycles. The maximum atomic E-state index is 12.4. The van der Waals surface area contributed by atoms with Gasteiger partial charge in [-0.15, -0.1) is 0 Å². The Bertz CT molecular complexity index is 520. The van der Waals surface area contributed by atoms with Crippen LogP contribution in [0, 0.1) is 6.07 Å². The molecule has 1 heterocycles. The highest BCUT2D eigenvalue weighted by Crippen LogP contribution is 2.13. The predicted molar refractivity (Wildman–Crippen MR) is 77.5 cm³/mol. The lowest BCUT2D eigenvalue weighted by molar-refractivity contribution is -0.111. The van der Waals surface area contributed by atoms with Crippen molar-refractivity contribution in [3.8, 4) is 0 Å². The van der Waals surface area contributed by atoms with Crippen LogP contribution in [0.3, 0.4) is 0 Å². The molecule has 1 fully saturated rings. The van der Waals surface area contributed by atoms with E-state index in [1.807, 2.05) is 11.9 Å². The van der Waals surface area contributed by atoms with E-state index in [0.717, 1.165) is 26.2 Å². The lowest BCUT2D eigenvalue weighted by Crippen LogP contribution is -2.47. The van der Waals surface area contributed by atoms with Gasteiger partial charge in [0.15, 0.2) is 0 Å². The van der Waals surface area contributed by atoms with E-state index in [4.69, 9.17) is 0 Å². The summed E-state index contributed by atoms with van der Waals surface area (Å²) < 4.78 is 0. The summed E-state index contributed by atoms with van der Waals surface area (Å²) in [6, 6.07) is 7.87. The molecule has 1 aromatic rings. The van der Waals surface area contributed by atoms with Crippen LogP contribution >= 0.6 is 0 Å². The molecule has 0 saturated carbocycles. The van der Waals surface area contributed by atoms with Crippen LogP contribution in [0.15, 0.2) is 30.9 Å². The molecule has 0 atom stereocenters. The normalized spacial score (nSPS) is 15.8. The van der Waals surface area contributed by atoms with Crippen molar-refractivity contribution >= 4 is 17.5 Å². The Kier molecular flexibility index (Phi) is 4.53. The smallest absolute Gasteiger partial charge is 0.254 e. The number of anilines is 1. The van der Waals surface area contributed by atoms with Crippen LogP contribution in [0.2, 0.25) is 0 Å². The van der Waals surface area contributed by atoms with Crippen LogP contribution in [0.25, 0.3) is 0 Å². The highest BCUT2D eigenvalue weighted by molar-refractivity contribution is 6.00. The van der Waals surface area contributed by atoms with Gasteiger partial charge in [0.2, 0.25) is 5.91 Å². The highest BCUT2D eigenvalue weighted by Gasteiger charge is 2.20. The van der Waals surface area contributed by atoms with Crippen LogP contribution in [-0.4, -0.2) is 54.8 Å². The molecule has 1 radical (unpaired) electrons. The summed E-state index contributed by atoms with van der Waals surface area (Å²) in [4.78, 5) is 27.6. The molecule has 1 aromatic carbocycles. The van der Waals surface area contributed by atoms with Crippen LogP contribution in [-0.2, 0) is 4.79 Å². The van der Waals surface area contributed by atoms with E-state index >= 15 is 0 Å². The first-order valence-electron chi connectivity index (χ1n) is 6.53. The van der Waals surface area contributed by atoms with Crippen LogP contribution in [0.4, 0.5) is 5.69 Å². The van der Waals surface area contributed by atoms with Crippen molar-refractivity contribution in [2.24, 2.45) is 0 Å². The Morgan fingerprint density at radius 1 is 1.35 bits per heavy atom. The number of carbonyl (C=O) groups excluding carboxylic acids is 2. The summed E-state index contributed by atoms with van der Waals surface area (Å²) in [5, 5.41) is 2.61. The van der Waals surface area contributed by atoms with Crippen molar-refractivity contribution < 1.29 is 9.59 Å². The predicted octanol–water partition coefficient (Wildman–Crippen LogP) is 0.999. The second kappa shape index (κ2) is 6.34. The number of nitrogens with one attached hydrogen (secondary N) is 1. The largest absolute Gasteiger partial charge is 0.336 e. The Morgan fingerprint density at radius 3 is 2.70 bits per heavy atom. The van der Waals surface area contributed by atoms with Crippen molar-refractivity contribution in [3.05, 3.63) is 42.5 Å². The zero-order valence-corrected chi connectivity index (χ0v) is 11.6. The first-order valence-corrected chi connectivity index (χ1v) is 6.53. The van der Waals surface area contributed by atoms with Crippen molar-refractivity contribution in [1.82, 2.24) is 9.80 Å². The van der Waals surface area contributed by atoms with Crippen molar-refractivity contribution in [2.75, 3.05) is 38.5 Å². The third-order valence-corrected chi connectivity index (χ3v) is 3.28. The van der Waals surface area contributed by atoms with Gasteiger partial charge in [0, 0.05) is 43.5 Å². The van der Waals surface area contributed by atoms with E-state index in [-0.39, 0.29) is 11.8 Å².